The molecule has 8 heteroatoms. The van der Waals surface area contributed by atoms with E-state index in [-0.39, 0.29) is 23.1 Å². The maximum atomic E-state index is 13.6. The third kappa shape index (κ3) is 3.21. The molecule has 0 saturated heterocycles. The molecule has 0 unspecified atom stereocenters. The lowest BCUT2D eigenvalue weighted by Gasteiger charge is -2.10. The third-order valence-electron chi connectivity index (χ3n) is 2.31. The Morgan fingerprint density at radius 2 is 1.80 bits per heavy atom. The van der Waals surface area contributed by atoms with Crippen molar-refractivity contribution in [3.8, 4) is 5.75 Å². The molecule has 0 atom stereocenters. The van der Waals surface area contributed by atoms with E-state index in [1.54, 1.807) is 6.92 Å². The maximum absolute atomic E-state index is 13.6. The van der Waals surface area contributed by atoms with Gasteiger partial charge in [-0.1, -0.05) is 0 Å². The summed E-state index contributed by atoms with van der Waals surface area (Å²) in [5.41, 5.74) is 17.2. The molecule has 20 heavy (non-hydrogen) atoms. The van der Waals surface area contributed by atoms with Crippen LogP contribution in [0.15, 0.2) is 28.3 Å². The number of rotatable bonds is 4. The summed E-state index contributed by atoms with van der Waals surface area (Å²) in [7, 11) is 0. The van der Waals surface area contributed by atoms with Crippen molar-refractivity contribution in [1.29, 1.82) is 0 Å². The number of nitrogens with zero attached hydrogens (tertiary/aromatic N) is 2. The Morgan fingerprint density at radius 1 is 1.15 bits per heavy atom. The molecule has 0 aliphatic rings. The van der Waals surface area contributed by atoms with Crippen LogP contribution in [0.4, 0.5) is 21.7 Å². The Morgan fingerprint density at radius 3 is 2.40 bits per heavy atom. The molecule has 0 amide bonds. The summed E-state index contributed by atoms with van der Waals surface area (Å²) in [5, 5.41) is 0.336. The van der Waals surface area contributed by atoms with Crippen molar-refractivity contribution >= 4 is 29.1 Å². The van der Waals surface area contributed by atoms with Crippen LogP contribution in [-0.4, -0.2) is 16.6 Å². The minimum Gasteiger partial charge on any atom is -0.491 e. The second kappa shape index (κ2) is 5.83. The van der Waals surface area contributed by atoms with Gasteiger partial charge >= 0.3 is 0 Å². The van der Waals surface area contributed by atoms with Gasteiger partial charge < -0.3 is 21.9 Å². The Hall–Kier alpha value is -2.22. The van der Waals surface area contributed by atoms with Gasteiger partial charge in [-0.25, -0.2) is 14.4 Å². The highest BCUT2D eigenvalue weighted by molar-refractivity contribution is 7.99. The molecule has 2 rings (SSSR count). The second-order valence-corrected chi connectivity index (χ2v) is 4.86. The highest BCUT2D eigenvalue weighted by atomic mass is 32.2. The summed E-state index contributed by atoms with van der Waals surface area (Å²) in [5.74, 6) is 0.124. The molecule has 1 aromatic heterocycles. The van der Waals surface area contributed by atoms with Gasteiger partial charge in [0.2, 0.25) is 0 Å². The molecule has 6 nitrogen and oxygen atoms in total. The summed E-state index contributed by atoms with van der Waals surface area (Å²) in [6, 6.07) is 4.15. The van der Waals surface area contributed by atoms with Gasteiger partial charge in [0.05, 0.1) is 6.61 Å². The summed E-state index contributed by atoms with van der Waals surface area (Å²) < 4.78 is 18.8. The van der Waals surface area contributed by atoms with Crippen LogP contribution in [0.2, 0.25) is 0 Å². The van der Waals surface area contributed by atoms with Gasteiger partial charge in [-0.3, -0.25) is 0 Å². The van der Waals surface area contributed by atoms with E-state index < -0.39 is 5.82 Å². The number of ether oxygens (including phenoxy) is 1. The van der Waals surface area contributed by atoms with Crippen molar-refractivity contribution in [1.82, 2.24) is 9.97 Å². The van der Waals surface area contributed by atoms with E-state index >= 15 is 0 Å². The SMILES string of the molecule is CCOc1cc(Sc2nc(N)cc(N)n2)c(N)cc1F. The molecule has 6 N–H and O–H groups in total. The zero-order valence-corrected chi connectivity index (χ0v) is 11.6. The number of hydrogen-bond donors (Lipinski definition) is 3. The van der Waals surface area contributed by atoms with Crippen molar-refractivity contribution in [3.05, 3.63) is 24.0 Å². The maximum Gasteiger partial charge on any atom is 0.196 e. The fraction of sp³-hybridized carbons (Fsp3) is 0.167. The van der Waals surface area contributed by atoms with Crippen molar-refractivity contribution in [3.63, 3.8) is 0 Å². The monoisotopic (exact) mass is 295 g/mol. The van der Waals surface area contributed by atoms with Crippen molar-refractivity contribution in [2.45, 2.75) is 17.0 Å². The molecule has 0 saturated carbocycles. The quantitative estimate of drug-likeness (QED) is 0.583. The molecular formula is C12H14FN5OS. The van der Waals surface area contributed by atoms with Gasteiger partial charge in [-0.05, 0) is 24.8 Å². The Balaban J connectivity index is 2.34. The van der Waals surface area contributed by atoms with Crippen molar-refractivity contribution in [2.75, 3.05) is 23.8 Å². The van der Waals surface area contributed by atoms with Crippen molar-refractivity contribution in [2.24, 2.45) is 0 Å². The number of aromatic nitrogens is 2. The summed E-state index contributed by atoms with van der Waals surface area (Å²) in [6.45, 7) is 2.12. The van der Waals surface area contributed by atoms with Crippen LogP contribution in [0, 0.1) is 5.82 Å². The van der Waals surface area contributed by atoms with E-state index in [2.05, 4.69) is 9.97 Å². The zero-order chi connectivity index (χ0) is 14.7. The minimum absolute atomic E-state index is 0.126. The smallest absolute Gasteiger partial charge is 0.196 e. The Labute approximate surface area is 119 Å². The fourth-order valence-corrected chi connectivity index (χ4v) is 2.35. The van der Waals surface area contributed by atoms with E-state index in [4.69, 9.17) is 21.9 Å². The number of hydrogen-bond acceptors (Lipinski definition) is 7. The lowest BCUT2D eigenvalue weighted by molar-refractivity contribution is 0.321. The van der Waals surface area contributed by atoms with Gasteiger partial charge in [-0.15, -0.1) is 0 Å². The van der Waals surface area contributed by atoms with Crippen LogP contribution in [0.5, 0.6) is 5.75 Å². The van der Waals surface area contributed by atoms with Gasteiger partial charge in [0.1, 0.15) is 11.6 Å². The standard InChI is InChI=1S/C12H14FN5OS/c1-2-19-8-4-9(7(14)3-6(8)13)20-12-17-10(15)5-11(16)18-12/h3-5H,2,14H2,1H3,(H4,15,16,17,18). The lowest BCUT2D eigenvalue weighted by Crippen LogP contribution is -2.01. The molecule has 1 heterocycles. The number of nitrogen functional groups attached to an aromatic ring is 3. The first-order chi connectivity index (χ1) is 9.49. The highest BCUT2D eigenvalue weighted by Crippen LogP contribution is 2.35. The second-order valence-electron chi connectivity index (χ2n) is 3.86. The summed E-state index contributed by atoms with van der Waals surface area (Å²) >= 11 is 1.14. The normalized spacial score (nSPS) is 10.5. The molecule has 0 bridgehead atoms. The van der Waals surface area contributed by atoms with Crippen LogP contribution in [0.25, 0.3) is 0 Å². The average Bonchev–Trinajstić information content (AvgIpc) is 2.34. The van der Waals surface area contributed by atoms with Crippen molar-refractivity contribution < 1.29 is 9.13 Å². The van der Waals surface area contributed by atoms with E-state index in [0.717, 1.165) is 11.8 Å². The number of halogens is 1. The predicted octanol–water partition coefficient (Wildman–Crippen LogP) is 1.91. The number of benzene rings is 1. The summed E-state index contributed by atoms with van der Waals surface area (Å²) in [4.78, 5) is 8.63. The largest absolute Gasteiger partial charge is 0.491 e. The molecule has 0 aliphatic heterocycles. The van der Waals surface area contributed by atoms with Gasteiger partial charge in [0.25, 0.3) is 0 Å². The molecule has 106 valence electrons. The number of nitrogens with two attached hydrogens (primary N) is 3. The van der Waals surface area contributed by atoms with E-state index in [1.165, 1.54) is 18.2 Å². The number of anilines is 3. The van der Waals surface area contributed by atoms with E-state index in [1.807, 2.05) is 0 Å². The summed E-state index contributed by atoms with van der Waals surface area (Å²) in [6.07, 6.45) is 0. The molecular weight excluding hydrogens is 281 g/mol. The van der Waals surface area contributed by atoms with Crippen LogP contribution in [0.1, 0.15) is 6.92 Å². The molecule has 1 aromatic carbocycles. The van der Waals surface area contributed by atoms with Crippen LogP contribution in [0.3, 0.4) is 0 Å². The molecule has 0 fully saturated rings. The molecule has 0 spiro atoms. The first-order valence-corrected chi connectivity index (χ1v) is 6.61. The van der Waals surface area contributed by atoms with Crippen LogP contribution < -0.4 is 21.9 Å². The minimum atomic E-state index is -0.512. The van der Waals surface area contributed by atoms with E-state index in [9.17, 15) is 4.39 Å². The van der Waals surface area contributed by atoms with Crippen LogP contribution >= 0.6 is 11.8 Å². The molecule has 0 aliphatic carbocycles. The van der Waals surface area contributed by atoms with Gasteiger partial charge in [0, 0.05) is 22.7 Å². The first-order valence-electron chi connectivity index (χ1n) is 5.79. The topological polar surface area (TPSA) is 113 Å². The zero-order valence-electron chi connectivity index (χ0n) is 10.8. The Kier molecular flexibility index (Phi) is 4.14. The average molecular weight is 295 g/mol. The molecule has 0 radical (unpaired) electrons. The van der Waals surface area contributed by atoms with Crippen LogP contribution in [-0.2, 0) is 0 Å². The van der Waals surface area contributed by atoms with Gasteiger partial charge in [0.15, 0.2) is 16.7 Å². The van der Waals surface area contributed by atoms with Gasteiger partial charge in [-0.2, -0.15) is 0 Å². The first kappa shape index (κ1) is 14.2. The molecule has 2 aromatic rings. The van der Waals surface area contributed by atoms with E-state index in [0.29, 0.717) is 16.7 Å². The lowest BCUT2D eigenvalue weighted by atomic mass is 10.3. The Bertz CT molecular complexity index is 617. The highest BCUT2D eigenvalue weighted by Gasteiger charge is 2.12. The predicted molar refractivity (Wildman–Crippen MR) is 77.0 cm³/mol. The third-order valence-corrected chi connectivity index (χ3v) is 3.25. The fourth-order valence-electron chi connectivity index (χ4n) is 1.51.